The monoisotopic (exact) mass is 279 g/mol. The molecule has 100 valence electrons. The Morgan fingerprint density at radius 3 is 2.33 bits per heavy atom. The fraction of sp³-hybridized carbons (Fsp3) is 0.300. The van der Waals surface area contributed by atoms with Gasteiger partial charge in [-0.1, -0.05) is 0 Å². The lowest BCUT2D eigenvalue weighted by Crippen LogP contribution is -2.21. The van der Waals surface area contributed by atoms with Gasteiger partial charge in [0.1, 0.15) is 0 Å². The molecule has 18 heavy (non-hydrogen) atoms. The van der Waals surface area contributed by atoms with E-state index in [-0.39, 0.29) is 11.3 Å². The standard InChI is InChI=1S/C10H11F2NO4S/c1-5-3-7(13-18(16,17)10(11)12)4-8(6(5)2)9(14)15/h3-4,10,13H,1-2H3,(H,14,15). The minimum atomic E-state index is -4.80. The summed E-state index contributed by atoms with van der Waals surface area (Å²) in [6.07, 6.45) is 0. The highest BCUT2D eigenvalue weighted by Crippen LogP contribution is 2.22. The molecular formula is C10H11F2NO4S. The number of nitrogens with one attached hydrogen (secondary N) is 1. The van der Waals surface area contributed by atoms with Crippen LogP contribution >= 0.6 is 0 Å². The van der Waals surface area contributed by atoms with Gasteiger partial charge in [0.2, 0.25) is 0 Å². The Labute approximate surface area is 102 Å². The average Bonchev–Trinajstić information content (AvgIpc) is 2.21. The SMILES string of the molecule is Cc1cc(NS(=O)(=O)C(F)F)cc(C(=O)O)c1C. The summed E-state index contributed by atoms with van der Waals surface area (Å²) in [5, 5.41) is 8.90. The van der Waals surface area contributed by atoms with Gasteiger partial charge in [0.25, 0.3) is 10.0 Å². The quantitative estimate of drug-likeness (QED) is 0.882. The Kier molecular flexibility index (Phi) is 3.90. The number of alkyl halides is 2. The second-order valence-electron chi connectivity index (χ2n) is 3.68. The molecule has 1 aromatic rings. The first kappa shape index (κ1) is 14.4. The summed E-state index contributed by atoms with van der Waals surface area (Å²) in [7, 11) is -4.80. The van der Waals surface area contributed by atoms with Crippen molar-refractivity contribution in [2.75, 3.05) is 4.72 Å². The Morgan fingerprint density at radius 2 is 1.89 bits per heavy atom. The Bertz CT molecular complexity index is 584. The second kappa shape index (κ2) is 4.89. The zero-order chi connectivity index (χ0) is 14.1. The van der Waals surface area contributed by atoms with Crippen LogP contribution in [0.5, 0.6) is 0 Å². The van der Waals surface area contributed by atoms with Gasteiger partial charge in [-0.15, -0.1) is 0 Å². The molecule has 1 aromatic carbocycles. The lowest BCUT2D eigenvalue weighted by Gasteiger charge is -2.11. The third-order valence-corrected chi connectivity index (χ3v) is 3.38. The third kappa shape index (κ3) is 2.95. The van der Waals surface area contributed by atoms with E-state index in [4.69, 9.17) is 5.11 Å². The number of hydrogen-bond acceptors (Lipinski definition) is 3. The molecule has 0 aromatic heterocycles. The highest BCUT2D eigenvalue weighted by Gasteiger charge is 2.24. The summed E-state index contributed by atoms with van der Waals surface area (Å²) in [6.45, 7) is 3.10. The van der Waals surface area contributed by atoms with E-state index in [1.807, 2.05) is 0 Å². The molecule has 0 radical (unpaired) electrons. The number of hydrogen-bond donors (Lipinski definition) is 2. The molecule has 0 amide bonds. The maximum Gasteiger partial charge on any atom is 0.355 e. The molecule has 0 atom stereocenters. The van der Waals surface area contributed by atoms with Crippen molar-refractivity contribution in [1.29, 1.82) is 0 Å². The normalized spacial score (nSPS) is 11.6. The molecule has 0 aliphatic carbocycles. The molecule has 0 aliphatic rings. The third-order valence-electron chi connectivity index (χ3n) is 2.39. The number of sulfonamides is 1. The predicted octanol–water partition coefficient (Wildman–Crippen LogP) is 1.97. The van der Waals surface area contributed by atoms with Crippen molar-refractivity contribution in [3.63, 3.8) is 0 Å². The van der Waals surface area contributed by atoms with Gasteiger partial charge in [0, 0.05) is 5.69 Å². The number of carbonyl (C=O) groups is 1. The van der Waals surface area contributed by atoms with E-state index in [0.717, 1.165) is 6.07 Å². The molecule has 2 N–H and O–H groups in total. The number of carboxylic acid groups (broad SMARTS) is 1. The highest BCUT2D eigenvalue weighted by molar-refractivity contribution is 7.93. The maximum absolute atomic E-state index is 12.2. The van der Waals surface area contributed by atoms with Crippen LogP contribution in [0.3, 0.4) is 0 Å². The van der Waals surface area contributed by atoms with Crippen molar-refractivity contribution in [2.24, 2.45) is 0 Å². The fourth-order valence-electron chi connectivity index (χ4n) is 1.35. The molecule has 0 unspecified atom stereocenters. The fourth-order valence-corrected chi connectivity index (χ4v) is 1.88. The van der Waals surface area contributed by atoms with Gasteiger partial charge in [0.15, 0.2) is 0 Å². The minimum absolute atomic E-state index is 0.137. The van der Waals surface area contributed by atoms with E-state index in [1.54, 1.807) is 18.6 Å². The number of carboxylic acids is 1. The molecule has 0 aliphatic heterocycles. The van der Waals surface area contributed by atoms with Crippen molar-refractivity contribution in [3.05, 3.63) is 28.8 Å². The second-order valence-corrected chi connectivity index (χ2v) is 5.33. The van der Waals surface area contributed by atoms with Gasteiger partial charge in [-0.2, -0.15) is 8.78 Å². The smallest absolute Gasteiger partial charge is 0.355 e. The van der Waals surface area contributed by atoms with Gasteiger partial charge in [-0.25, -0.2) is 13.2 Å². The average molecular weight is 279 g/mol. The molecule has 0 bridgehead atoms. The van der Waals surface area contributed by atoms with Crippen molar-refractivity contribution < 1.29 is 27.1 Å². The van der Waals surface area contributed by atoms with Crippen LogP contribution in [0, 0.1) is 13.8 Å². The summed E-state index contributed by atoms with van der Waals surface area (Å²) < 4.78 is 47.9. The number of anilines is 1. The van der Waals surface area contributed by atoms with E-state index in [0.29, 0.717) is 11.1 Å². The van der Waals surface area contributed by atoms with Crippen molar-refractivity contribution >= 4 is 21.7 Å². The van der Waals surface area contributed by atoms with Gasteiger partial charge in [0.05, 0.1) is 5.56 Å². The number of rotatable bonds is 4. The van der Waals surface area contributed by atoms with Crippen LogP contribution in [-0.4, -0.2) is 25.3 Å². The predicted molar refractivity (Wildman–Crippen MR) is 61.4 cm³/mol. The summed E-state index contributed by atoms with van der Waals surface area (Å²) in [4.78, 5) is 10.9. The lowest BCUT2D eigenvalue weighted by molar-refractivity contribution is 0.0696. The topological polar surface area (TPSA) is 83.5 Å². The molecule has 8 heteroatoms. The molecule has 5 nitrogen and oxygen atoms in total. The van der Waals surface area contributed by atoms with Gasteiger partial charge >= 0.3 is 11.7 Å². The molecule has 0 saturated carbocycles. The maximum atomic E-state index is 12.2. The van der Waals surface area contributed by atoms with Crippen molar-refractivity contribution in [1.82, 2.24) is 0 Å². The molecule has 0 spiro atoms. The van der Waals surface area contributed by atoms with Crippen LogP contribution in [-0.2, 0) is 10.0 Å². The van der Waals surface area contributed by atoms with E-state index in [1.165, 1.54) is 6.07 Å². The van der Waals surface area contributed by atoms with Crippen LogP contribution in [0.4, 0.5) is 14.5 Å². The Morgan fingerprint density at radius 1 is 1.33 bits per heavy atom. The van der Waals surface area contributed by atoms with E-state index >= 15 is 0 Å². The minimum Gasteiger partial charge on any atom is -0.478 e. The Balaban J connectivity index is 3.25. The van der Waals surface area contributed by atoms with Crippen LogP contribution < -0.4 is 4.72 Å². The first-order chi connectivity index (χ1) is 8.15. The zero-order valence-electron chi connectivity index (χ0n) is 9.57. The van der Waals surface area contributed by atoms with Gasteiger partial charge < -0.3 is 5.11 Å². The summed E-state index contributed by atoms with van der Waals surface area (Å²) in [5.41, 5.74) is 0.599. The van der Waals surface area contributed by atoms with Crippen LogP contribution in [0.1, 0.15) is 21.5 Å². The zero-order valence-corrected chi connectivity index (χ0v) is 10.4. The Hall–Kier alpha value is -1.70. The number of benzene rings is 1. The summed E-state index contributed by atoms with van der Waals surface area (Å²) in [6, 6.07) is 2.30. The molecule has 0 heterocycles. The summed E-state index contributed by atoms with van der Waals surface area (Å²) in [5.74, 6) is -4.83. The summed E-state index contributed by atoms with van der Waals surface area (Å²) >= 11 is 0. The van der Waals surface area contributed by atoms with E-state index < -0.39 is 21.8 Å². The molecule has 1 rings (SSSR count). The molecule has 0 fully saturated rings. The first-order valence-corrected chi connectivity index (χ1v) is 6.34. The molecule has 0 saturated heterocycles. The lowest BCUT2D eigenvalue weighted by atomic mass is 10.0. The highest BCUT2D eigenvalue weighted by atomic mass is 32.2. The number of aromatic carboxylic acids is 1. The van der Waals surface area contributed by atoms with Crippen molar-refractivity contribution in [2.45, 2.75) is 19.6 Å². The van der Waals surface area contributed by atoms with Crippen LogP contribution in [0.2, 0.25) is 0 Å². The van der Waals surface area contributed by atoms with Crippen LogP contribution in [0.15, 0.2) is 12.1 Å². The van der Waals surface area contributed by atoms with Gasteiger partial charge in [-0.05, 0) is 37.1 Å². The molecular weight excluding hydrogens is 268 g/mol. The number of halogens is 2. The largest absolute Gasteiger partial charge is 0.478 e. The van der Waals surface area contributed by atoms with E-state index in [2.05, 4.69) is 0 Å². The van der Waals surface area contributed by atoms with Gasteiger partial charge in [-0.3, -0.25) is 4.72 Å². The van der Waals surface area contributed by atoms with E-state index in [9.17, 15) is 22.0 Å². The number of aryl methyl sites for hydroxylation is 1. The van der Waals surface area contributed by atoms with Crippen molar-refractivity contribution in [3.8, 4) is 0 Å². The van der Waals surface area contributed by atoms with Crippen LogP contribution in [0.25, 0.3) is 0 Å². The first-order valence-electron chi connectivity index (χ1n) is 4.79.